The molecule has 1 aromatic rings. The van der Waals surface area contributed by atoms with E-state index in [0.717, 1.165) is 22.9 Å². The highest BCUT2D eigenvalue weighted by atomic mass is 79.9. The molecular formula is C15H16BrNO4. The van der Waals surface area contributed by atoms with Gasteiger partial charge in [-0.05, 0) is 30.5 Å². The first-order valence-corrected chi connectivity index (χ1v) is 7.71. The van der Waals surface area contributed by atoms with Crippen molar-refractivity contribution in [2.45, 2.75) is 36.8 Å². The summed E-state index contributed by atoms with van der Waals surface area (Å²) in [6.45, 7) is 0.105. The number of halogens is 1. The van der Waals surface area contributed by atoms with E-state index in [1.165, 1.54) is 4.90 Å². The van der Waals surface area contributed by atoms with Crippen LogP contribution in [0.5, 0.6) is 0 Å². The first kappa shape index (κ1) is 14.5. The molecule has 3 rings (SSSR count). The molecule has 1 aliphatic carbocycles. The maximum Gasteiger partial charge on any atom is 0.326 e. The Balaban J connectivity index is 1.87. The quantitative estimate of drug-likeness (QED) is 0.863. The van der Waals surface area contributed by atoms with Crippen molar-refractivity contribution in [3.63, 3.8) is 0 Å². The fraction of sp³-hybridized carbons (Fsp3) is 0.467. The number of likely N-dealkylation sites (tertiary alicyclic amines) is 1. The summed E-state index contributed by atoms with van der Waals surface area (Å²) in [6, 6.07) is 6.65. The third-order valence-electron chi connectivity index (χ3n) is 4.38. The number of rotatable bonds is 3. The van der Waals surface area contributed by atoms with E-state index < -0.39 is 23.5 Å². The molecule has 1 heterocycles. The molecule has 112 valence electrons. The van der Waals surface area contributed by atoms with Crippen LogP contribution >= 0.6 is 15.9 Å². The Morgan fingerprint density at radius 2 is 1.86 bits per heavy atom. The standard InChI is InChI=1S/C15H16BrNO4/c16-10-3-1-9(2-4-10)15(5-6-15)14(21)17-8-11(18)7-12(17)13(19)20/h1-4,11-12,18H,5-8H2,(H,19,20). The normalized spacial score (nSPS) is 26.7. The molecule has 1 aromatic carbocycles. The smallest absolute Gasteiger partial charge is 0.326 e. The predicted octanol–water partition coefficient (Wildman–Crippen LogP) is 1.53. The maximum absolute atomic E-state index is 12.8. The number of amides is 1. The van der Waals surface area contributed by atoms with Gasteiger partial charge in [0.1, 0.15) is 6.04 Å². The van der Waals surface area contributed by atoms with Crippen LogP contribution in [-0.4, -0.2) is 45.7 Å². The minimum Gasteiger partial charge on any atom is -0.480 e. The summed E-state index contributed by atoms with van der Waals surface area (Å²) in [5.74, 6) is -1.22. The van der Waals surface area contributed by atoms with Crippen LogP contribution in [0.25, 0.3) is 0 Å². The van der Waals surface area contributed by atoms with E-state index in [4.69, 9.17) is 0 Å². The van der Waals surface area contributed by atoms with E-state index in [0.29, 0.717) is 0 Å². The van der Waals surface area contributed by atoms with Crippen LogP contribution in [0.2, 0.25) is 0 Å². The highest BCUT2D eigenvalue weighted by Gasteiger charge is 2.55. The van der Waals surface area contributed by atoms with E-state index in [1.807, 2.05) is 24.3 Å². The number of nitrogens with zero attached hydrogens (tertiary/aromatic N) is 1. The van der Waals surface area contributed by atoms with Crippen LogP contribution in [0.4, 0.5) is 0 Å². The third-order valence-corrected chi connectivity index (χ3v) is 4.91. The average Bonchev–Trinajstić information content (AvgIpc) is 3.15. The molecule has 21 heavy (non-hydrogen) atoms. The average molecular weight is 354 g/mol. The van der Waals surface area contributed by atoms with Crippen LogP contribution < -0.4 is 0 Å². The van der Waals surface area contributed by atoms with E-state index in [1.54, 1.807) is 0 Å². The molecule has 1 amide bonds. The van der Waals surface area contributed by atoms with Gasteiger partial charge in [0.15, 0.2) is 0 Å². The van der Waals surface area contributed by atoms with Gasteiger partial charge >= 0.3 is 5.97 Å². The number of aliphatic hydroxyl groups is 1. The molecule has 2 unspecified atom stereocenters. The van der Waals surface area contributed by atoms with Gasteiger partial charge in [0.2, 0.25) is 5.91 Å². The minimum atomic E-state index is -1.05. The van der Waals surface area contributed by atoms with E-state index in [-0.39, 0.29) is 18.9 Å². The number of carbonyl (C=O) groups is 2. The lowest BCUT2D eigenvalue weighted by atomic mass is 9.94. The number of carboxylic acids is 1. The predicted molar refractivity (Wildman–Crippen MR) is 78.8 cm³/mol. The van der Waals surface area contributed by atoms with E-state index >= 15 is 0 Å². The lowest BCUT2D eigenvalue weighted by molar-refractivity contribution is -0.149. The fourth-order valence-corrected chi connectivity index (χ4v) is 3.33. The van der Waals surface area contributed by atoms with Crippen LogP contribution in [0, 0.1) is 0 Å². The first-order valence-electron chi connectivity index (χ1n) is 6.92. The summed E-state index contributed by atoms with van der Waals surface area (Å²) in [7, 11) is 0. The molecule has 1 aliphatic heterocycles. The van der Waals surface area contributed by atoms with Gasteiger partial charge in [-0.3, -0.25) is 4.79 Å². The number of hydrogen-bond acceptors (Lipinski definition) is 3. The number of β-amino-alcohol motifs (C(OH)–C–C–N with tert-alkyl or cyclic N) is 1. The lowest BCUT2D eigenvalue weighted by Gasteiger charge is -2.26. The zero-order chi connectivity index (χ0) is 15.2. The summed E-state index contributed by atoms with van der Waals surface area (Å²) in [5, 5.41) is 18.9. The molecule has 0 spiro atoms. The SMILES string of the molecule is O=C(O)C1CC(O)CN1C(=O)C1(c2ccc(Br)cc2)CC1. The number of aliphatic hydroxyl groups excluding tert-OH is 1. The second-order valence-corrected chi connectivity index (χ2v) is 6.71. The number of benzene rings is 1. The van der Waals surface area contributed by atoms with Gasteiger partial charge in [0.25, 0.3) is 0 Å². The zero-order valence-corrected chi connectivity index (χ0v) is 12.9. The van der Waals surface area contributed by atoms with Gasteiger partial charge in [0.05, 0.1) is 11.5 Å². The molecule has 0 aromatic heterocycles. The Bertz CT molecular complexity index is 582. The molecule has 0 radical (unpaired) electrons. The second-order valence-electron chi connectivity index (χ2n) is 5.79. The van der Waals surface area contributed by atoms with Gasteiger partial charge < -0.3 is 15.1 Å². The number of aliphatic carboxylic acids is 1. The third kappa shape index (κ3) is 2.46. The zero-order valence-electron chi connectivity index (χ0n) is 11.3. The Morgan fingerprint density at radius 3 is 2.38 bits per heavy atom. The summed E-state index contributed by atoms with van der Waals surface area (Å²) < 4.78 is 0.939. The Labute approximate surface area is 130 Å². The van der Waals surface area contributed by atoms with Crippen molar-refractivity contribution in [1.82, 2.24) is 4.90 Å². The van der Waals surface area contributed by atoms with Crippen LogP contribution in [0.3, 0.4) is 0 Å². The maximum atomic E-state index is 12.8. The van der Waals surface area contributed by atoms with Crippen molar-refractivity contribution >= 4 is 27.8 Å². The topological polar surface area (TPSA) is 77.8 Å². The molecule has 2 aliphatic rings. The van der Waals surface area contributed by atoms with Gasteiger partial charge in [-0.15, -0.1) is 0 Å². The van der Waals surface area contributed by atoms with Gasteiger partial charge in [-0.1, -0.05) is 28.1 Å². The van der Waals surface area contributed by atoms with Crippen LogP contribution in [0.15, 0.2) is 28.7 Å². The molecular weight excluding hydrogens is 338 g/mol. The first-order chi connectivity index (χ1) is 9.94. The fourth-order valence-electron chi connectivity index (χ4n) is 3.07. The molecule has 6 heteroatoms. The van der Waals surface area contributed by atoms with Crippen molar-refractivity contribution in [1.29, 1.82) is 0 Å². The Morgan fingerprint density at radius 1 is 1.24 bits per heavy atom. The monoisotopic (exact) mass is 353 g/mol. The molecule has 1 saturated carbocycles. The molecule has 5 nitrogen and oxygen atoms in total. The highest BCUT2D eigenvalue weighted by Crippen LogP contribution is 2.50. The van der Waals surface area contributed by atoms with Crippen molar-refractivity contribution in [3.05, 3.63) is 34.3 Å². The number of carbonyl (C=O) groups excluding carboxylic acids is 1. The highest BCUT2D eigenvalue weighted by molar-refractivity contribution is 9.10. The van der Waals surface area contributed by atoms with Crippen LogP contribution in [-0.2, 0) is 15.0 Å². The number of carboxylic acid groups (broad SMARTS) is 1. The molecule has 2 N–H and O–H groups in total. The van der Waals surface area contributed by atoms with Gasteiger partial charge in [0, 0.05) is 17.4 Å². The summed E-state index contributed by atoms with van der Waals surface area (Å²) in [5.41, 5.74) is 0.319. The van der Waals surface area contributed by atoms with Crippen molar-refractivity contribution in [3.8, 4) is 0 Å². The molecule has 0 bridgehead atoms. The summed E-state index contributed by atoms with van der Waals surface area (Å²) in [6.07, 6.45) is 0.812. The number of hydrogen-bond donors (Lipinski definition) is 2. The Hall–Kier alpha value is -1.40. The van der Waals surface area contributed by atoms with Gasteiger partial charge in [-0.2, -0.15) is 0 Å². The van der Waals surface area contributed by atoms with E-state index in [9.17, 15) is 19.8 Å². The lowest BCUT2D eigenvalue weighted by Crippen LogP contribution is -2.45. The largest absolute Gasteiger partial charge is 0.480 e. The second kappa shape index (κ2) is 5.10. The van der Waals surface area contributed by atoms with Crippen molar-refractivity contribution in [2.24, 2.45) is 0 Å². The molecule has 2 atom stereocenters. The summed E-state index contributed by atoms with van der Waals surface area (Å²) >= 11 is 3.37. The van der Waals surface area contributed by atoms with Crippen molar-refractivity contribution < 1.29 is 19.8 Å². The summed E-state index contributed by atoms with van der Waals surface area (Å²) in [4.78, 5) is 25.4. The van der Waals surface area contributed by atoms with Crippen LogP contribution in [0.1, 0.15) is 24.8 Å². The Kier molecular flexibility index (Phi) is 3.53. The van der Waals surface area contributed by atoms with E-state index in [2.05, 4.69) is 15.9 Å². The van der Waals surface area contributed by atoms with Gasteiger partial charge in [-0.25, -0.2) is 4.79 Å². The molecule has 2 fully saturated rings. The molecule has 1 saturated heterocycles. The minimum absolute atomic E-state index is 0.105. The van der Waals surface area contributed by atoms with Crippen molar-refractivity contribution in [2.75, 3.05) is 6.54 Å².